The first-order valence-electron chi connectivity index (χ1n) is 7.28. The Labute approximate surface area is 110 Å². The van der Waals surface area contributed by atoms with E-state index in [0.29, 0.717) is 0 Å². The molecule has 2 aliphatic rings. The van der Waals surface area contributed by atoms with Crippen molar-refractivity contribution in [3.8, 4) is 0 Å². The Morgan fingerprint density at radius 1 is 1.17 bits per heavy atom. The third-order valence-electron chi connectivity index (χ3n) is 4.33. The SMILES string of the molecule is c1ccc(CCN2CCN3CCCCC3C2)nc1. The molecule has 3 heterocycles. The minimum Gasteiger partial charge on any atom is -0.300 e. The summed E-state index contributed by atoms with van der Waals surface area (Å²) < 4.78 is 0. The van der Waals surface area contributed by atoms with Crippen molar-refractivity contribution >= 4 is 0 Å². The predicted molar refractivity (Wildman–Crippen MR) is 73.6 cm³/mol. The number of aromatic nitrogens is 1. The van der Waals surface area contributed by atoms with E-state index >= 15 is 0 Å². The molecule has 1 aromatic rings. The molecular formula is C15H23N3. The second-order valence-electron chi connectivity index (χ2n) is 5.56. The molecule has 1 atom stereocenters. The number of hydrogen-bond donors (Lipinski definition) is 0. The Bertz CT molecular complexity index is 365. The van der Waals surface area contributed by atoms with E-state index in [4.69, 9.17) is 0 Å². The van der Waals surface area contributed by atoms with Crippen LogP contribution in [0.5, 0.6) is 0 Å². The van der Waals surface area contributed by atoms with Crippen molar-refractivity contribution < 1.29 is 0 Å². The van der Waals surface area contributed by atoms with Crippen molar-refractivity contribution in [1.29, 1.82) is 0 Å². The second-order valence-corrected chi connectivity index (χ2v) is 5.56. The van der Waals surface area contributed by atoms with Crippen molar-refractivity contribution in [3.05, 3.63) is 30.1 Å². The van der Waals surface area contributed by atoms with Crippen LogP contribution in [0.4, 0.5) is 0 Å². The lowest BCUT2D eigenvalue weighted by molar-refractivity contribution is 0.0499. The van der Waals surface area contributed by atoms with Crippen LogP contribution in [0.3, 0.4) is 0 Å². The largest absolute Gasteiger partial charge is 0.300 e. The predicted octanol–water partition coefficient (Wildman–Crippen LogP) is 1.79. The Balaban J connectivity index is 1.49. The second kappa shape index (κ2) is 5.81. The number of piperidine rings is 1. The summed E-state index contributed by atoms with van der Waals surface area (Å²) in [4.78, 5) is 9.73. The molecule has 0 amide bonds. The van der Waals surface area contributed by atoms with Crippen molar-refractivity contribution in [2.24, 2.45) is 0 Å². The van der Waals surface area contributed by atoms with Crippen LogP contribution in [0.1, 0.15) is 25.0 Å². The lowest BCUT2D eigenvalue weighted by atomic mass is 9.99. The van der Waals surface area contributed by atoms with Gasteiger partial charge >= 0.3 is 0 Å². The molecule has 1 aromatic heterocycles. The summed E-state index contributed by atoms with van der Waals surface area (Å²) in [6, 6.07) is 7.04. The monoisotopic (exact) mass is 245 g/mol. The first-order chi connectivity index (χ1) is 8.92. The fourth-order valence-electron chi connectivity index (χ4n) is 3.24. The van der Waals surface area contributed by atoms with Gasteiger partial charge in [-0.25, -0.2) is 0 Å². The number of fused-ring (bicyclic) bond motifs is 1. The highest BCUT2D eigenvalue weighted by molar-refractivity contribution is 5.04. The molecule has 2 fully saturated rings. The summed E-state index contributed by atoms with van der Waals surface area (Å²) >= 11 is 0. The van der Waals surface area contributed by atoms with E-state index in [9.17, 15) is 0 Å². The van der Waals surface area contributed by atoms with Gasteiger partial charge in [0.1, 0.15) is 0 Å². The van der Waals surface area contributed by atoms with Gasteiger partial charge in [0, 0.05) is 50.5 Å². The summed E-state index contributed by atoms with van der Waals surface area (Å²) in [5.74, 6) is 0. The Morgan fingerprint density at radius 2 is 2.17 bits per heavy atom. The highest BCUT2D eigenvalue weighted by Crippen LogP contribution is 2.20. The van der Waals surface area contributed by atoms with Gasteiger partial charge in [0.2, 0.25) is 0 Å². The summed E-state index contributed by atoms with van der Waals surface area (Å²) in [6.07, 6.45) is 7.22. The smallest absolute Gasteiger partial charge is 0.0416 e. The average Bonchev–Trinajstić information content (AvgIpc) is 2.46. The Kier molecular flexibility index (Phi) is 3.91. The van der Waals surface area contributed by atoms with E-state index in [0.717, 1.165) is 12.5 Å². The summed E-state index contributed by atoms with van der Waals surface area (Å²) in [6.45, 7) is 6.28. The number of nitrogens with zero attached hydrogens (tertiary/aromatic N) is 3. The third-order valence-corrected chi connectivity index (χ3v) is 4.33. The molecule has 98 valence electrons. The zero-order valence-corrected chi connectivity index (χ0v) is 11.1. The van der Waals surface area contributed by atoms with Gasteiger partial charge in [0.05, 0.1) is 0 Å². The van der Waals surface area contributed by atoms with E-state index in [1.54, 1.807) is 0 Å². The first kappa shape index (κ1) is 12.1. The first-order valence-corrected chi connectivity index (χ1v) is 7.28. The molecule has 3 heteroatoms. The molecule has 0 aromatic carbocycles. The minimum atomic E-state index is 0.830. The Morgan fingerprint density at radius 3 is 3.06 bits per heavy atom. The van der Waals surface area contributed by atoms with E-state index in [1.165, 1.54) is 57.7 Å². The highest BCUT2D eigenvalue weighted by Gasteiger charge is 2.28. The van der Waals surface area contributed by atoms with Crippen LogP contribution in [0.2, 0.25) is 0 Å². The standard InChI is InChI=1S/C15H23N3/c1-3-8-16-14(5-1)7-10-17-11-12-18-9-4-2-6-15(18)13-17/h1,3,5,8,15H,2,4,6-7,9-13H2. The van der Waals surface area contributed by atoms with Gasteiger partial charge in [-0.1, -0.05) is 12.5 Å². The summed E-state index contributed by atoms with van der Waals surface area (Å²) in [5, 5.41) is 0. The molecular weight excluding hydrogens is 222 g/mol. The van der Waals surface area contributed by atoms with Gasteiger partial charge in [-0.05, 0) is 31.5 Å². The van der Waals surface area contributed by atoms with E-state index in [2.05, 4.69) is 26.9 Å². The van der Waals surface area contributed by atoms with Crippen LogP contribution in [0.15, 0.2) is 24.4 Å². The molecule has 0 aliphatic carbocycles. The lowest BCUT2D eigenvalue weighted by Crippen LogP contribution is -2.55. The molecule has 1 unspecified atom stereocenters. The fourth-order valence-corrected chi connectivity index (χ4v) is 3.24. The van der Waals surface area contributed by atoms with Crippen LogP contribution in [-0.2, 0) is 6.42 Å². The van der Waals surface area contributed by atoms with Gasteiger partial charge in [-0.2, -0.15) is 0 Å². The van der Waals surface area contributed by atoms with Crippen LogP contribution in [0.25, 0.3) is 0 Å². The number of rotatable bonds is 3. The molecule has 2 aliphatic heterocycles. The van der Waals surface area contributed by atoms with Gasteiger partial charge < -0.3 is 4.90 Å². The van der Waals surface area contributed by atoms with E-state index < -0.39 is 0 Å². The minimum absolute atomic E-state index is 0.830. The third kappa shape index (κ3) is 2.90. The molecule has 0 radical (unpaired) electrons. The van der Waals surface area contributed by atoms with Gasteiger partial charge in [-0.15, -0.1) is 0 Å². The van der Waals surface area contributed by atoms with Gasteiger partial charge in [0.25, 0.3) is 0 Å². The van der Waals surface area contributed by atoms with Gasteiger partial charge in [0.15, 0.2) is 0 Å². The molecule has 0 saturated carbocycles. The zero-order valence-electron chi connectivity index (χ0n) is 11.1. The molecule has 2 saturated heterocycles. The van der Waals surface area contributed by atoms with Crippen molar-refractivity contribution in [1.82, 2.24) is 14.8 Å². The highest BCUT2D eigenvalue weighted by atomic mass is 15.3. The summed E-state index contributed by atoms with van der Waals surface area (Å²) in [5.41, 5.74) is 1.23. The summed E-state index contributed by atoms with van der Waals surface area (Å²) in [7, 11) is 0. The zero-order chi connectivity index (χ0) is 12.2. The van der Waals surface area contributed by atoms with Crippen molar-refractivity contribution in [2.75, 3.05) is 32.7 Å². The van der Waals surface area contributed by atoms with Crippen molar-refractivity contribution in [3.63, 3.8) is 0 Å². The van der Waals surface area contributed by atoms with Crippen LogP contribution in [-0.4, -0.2) is 53.5 Å². The molecule has 3 rings (SSSR count). The maximum absolute atomic E-state index is 4.41. The van der Waals surface area contributed by atoms with Crippen LogP contribution < -0.4 is 0 Å². The molecule has 0 spiro atoms. The van der Waals surface area contributed by atoms with Crippen LogP contribution >= 0.6 is 0 Å². The van der Waals surface area contributed by atoms with Gasteiger partial charge in [-0.3, -0.25) is 9.88 Å². The van der Waals surface area contributed by atoms with Crippen molar-refractivity contribution in [2.45, 2.75) is 31.7 Å². The number of hydrogen-bond acceptors (Lipinski definition) is 3. The topological polar surface area (TPSA) is 19.4 Å². The van der Waals surface area contributed by atoms with E-state index in [-0.39, 0.29) is 0 Å². The molecule has 18 heavy (non-hydrogen) atoms. The molecule has 0 N–H and O–H groups in total. The van der Waals surface area contributed by atoms with E-state index in [1.807, 2.05) is 12.3 Å². The fraction of sp³-hybridized carbons (Fsp3) is 0.667. The quantitative estimate of drug-likeness (QED) is 0.809. The maximum atomic E-state index is 4.41. The lowest BCUT2D eigenvalue weighted by Gasteiger charge is -2.44. The molecule has 0 bridgehead atoms. The number of piperazine rings is 1. The Hall–Kier alpha value is -0.930. The number of pyridine rings is 1. The average molecular weight is 245 g/mol. The molecule has 3 nitrogen and oxygen atoms in total. The normalized spacial score (nSPS) is 25.9. The maximum Gasteiger partial charge on any atom is 0.0416 e. The van der Waals surface area contributed by atoms with Crippen LogP contribution in [0, 0.1) is 0 Å².